The van der Waals surface area contributed by atoms with Crippen molar-refractivity contribution in [2.24, 2.45) is 0 Å². The Balaban J connectivity index is 1.96. The summed E-state index contributed by atoms with van der Waals surface area (Å²) in [5, 5.41) is 0. The first-order valence-corrected chi connectivity index (χ1v) is 7.27. The Bertz CT molecular complexity index is 604. The van der Waals surface area contributed by atoms with Crippen molar-refractivity contribution < 1.29 is 0 Å². The van der Waals surface area contributed by atoms with Crippen molar-refractivity contribution in [3.05, 3.63) is 52.8 Å². The van der Waals surface area contributed by atoms with E-state index in [1.54, 1.807) is 0 Å². The van der Waals surface area contributed by atoms with E-state index >= 15 is 0 Å². The van der Waals surface area contributed by atoms with Gasteiger partial charge in [-0.1, -0.05) is 23.8 Å². The van der Waals surface area contributed by atoms with E-state index < -0.39 is 0 Å². The minimum atomic E-state index is 0.414. The van der Waals surface area contributed by atoms with Gasteiger partial charge >= 0.3 is 0 Å². The van der Waals surface area contributed by atoms with Gasteiger partial charge in [-0.2, -0.15) is 0 Å². The summed E-state index contributed by atoms with van der Waals surface area (Å²) in [6.45, 7) is 7.42. The summed E-state index contributed by atoms with van der Waals surface area (Å²) in [6, 6.07) is 7.13. The Morgan fingerprint density at radius 2 is 1.80 bits per heavy atom. The fourth-order valence-corrected chi connectivity index (χ4v) is 2.98. The van der Waals surface area contributed by atoms with Crippen LogP contribution in [-0.4, -0.2) is 16.5 Å². The first kappa shape index (κ1) is 13.1. The van der Waals surface area contributed by atoms with Gasteiger partial charge in [0.15, 0.2) is 0 Å². The molecule has 20 heavy (non-hydrogen) atoms. The van der Waals surface area contributed by atoms with E-state index in [0.29, 0.717) is 6.04 Å². The molecule has 3 nitrogen and oxygen atoms in total. The second-order valence-electron chi connectivity index (χ2n) is 5.77. The zero-order valence-corrected chi connectivity index (χ0v) is 12.4. The predicted octanol–water partition coefficient (Wildman–Crippen LogP) is 3.74. The number of nitrogens with zero attached hydrogens (tertiary/aromatic N) is 3. The van der Waals surface area contributed by atoms with Crippen molar-refractivity contribution in [3.63, 3.8) is 0 Å². The lowest BCUT2D eigenvalue weighted by Gasteiger charge is -2.26. The molecule has 1 aromatic carbocycles. The SMILES string of the molecule is Cc1cnc(N2CCCC2c2cc(C)ccc2C)nc1. The van der Waals surface area contributed by atoms with Gasteiger partial charge < -0.3 is 4.90 Å². The molecule has 3 rings (SSSR count). The zero-order valence-electron chi connectivity index (χ0n) is 12.4. The topological polar surface area (TPSA) is 29.0 Å². The fourth-order valence-electron chi connectivity index (χ4n) is 2.98. The maximum Gasteiger partial charge on any atom is 0.225 e. The molecule has 0 aliphatic carbocycles. The quantitative estimate of drug-likeness (QED) is 0.830. The monoisotopic (exact) mass is 267 g/mol. The van der Waals surface area contributed by atoms with Crippen molar-refractivity contribution in [2.75, 3.05) is 11.4 Å². The Kier molecular flexibility index (Phi) is 3.43. The first-order chi connectivity index (χ1) is 9.65. The molecule has 104 valence electrons. The molecule has 0 amide bonds. The molecule has 1 aromatic heterocycles. The molecule has 0 bridgehead atoms. The molecule has 1 atom stereocenters. The van der Waals surface area contributed by atoms with Gasteiger partial charge in [0, 0.05) is 18.9 Å². The van der Waals surface area contributed by atoms with Crippen molar-refractivity contribution in [1.82, 2.24) is 9.97 Å². The van der Waals surface area contributed by atoms with Crippen LogP contribution in [0.3, 0.4) is 0 Å². The summed E-state index contributed by atoms with van der Waals surface area (Å²) in [4.78, 5) is 11.4. The average molecular weight is 267 g/mol. The van der Waals surface area contributed by atoms with E-state index in [9.17, 15) is 0 Å². The predicted molar refractivity (Wildman–Crippen MR) is 82.0 cm³/mol. The van der Waals surface area contributed by atoms with Crippen LogP contribution in [0, 0.1) is 20.8 Å². The summed E-state index contributed by atoms with van der Waals surface area (Å²) in [7, 11) is 0. The molecule has 1 aliphatic heterocycles. The maximum absolute atomic E-state index is 4.50. The van der Waals surface area contributed by atoms with E-state index in [2.05, 4.69) is 46.9 Å². The minimum Gasteiger partial charge on any atom is -0.334 e. The smallest absolute Gasteiger partial charge is 0.225 e. The Morgan fingerprint density at radius 1 is 1.05 bits per heavy atom. The average Bonchev–Trinajstić information content (AvgIpc) is 2.91. The van der Waals surface area contributed by atoms with E-state index in [-0.39, 0.29) is 0 Å². The van der Waals surface area contributed by atoms with Crippen LogP contribution >= 0.6 is 0 Å². The summed E-state index contributed by atoms with van der Waals surface area (Å²) in [5.74, 6) is 0.860. The number of hydrogen-bond donors (Lipinski definition) is 0. The van der Waals surface area contributed by atoms with Crippen LogP contribution in [0.15, 0.2) is 30.6 Å². The number of aromatic nitrogens is 2. The molecule has 3 heteroatoms. The van der Waals surface area contributed by atoms with Gasteiger partial charge in [0.05, 0.1) is 6.04 Å². The van der Waals surface area contributed by atoms with Crippen molar-refractivity contribution in [3.8, 4) is 0 Å². The largest absolute Gasteiger partial charge is 0.334 e. The molecule has 1 saturated heterocycles. The maximum atomic E-state index is 4.50. The molecule has 0 spiro atoms. The van der Waals surface area contributed by atoms with Crippen LogP contribution in [-0.2, 0) is 0 Å². The third kappa shape index (κ3) is 2.40. The standard InChI is InChI=1S/C17H21N3/c1-12-6-7-14(3)15(9-12)16-5-4-8-20(16)17-18-10-13(2)11-19-17/h6-7,9-11,16H,4-5,8H2,1-3H3. The summed E-state index contributed by atoms with van der Waals surface area (Å²) < 4.78 is 0. The van der Waals surface area contributed by atoms with Crippen LogP contribution in [0.4, 0.5) is 5.95 Å². The van der Waals surface area contributed by atoms with Gasteiger partial charge in [0.25, 0.3) is 0 Å². The second kappa shape index (κ2) is 5.23. The first-order valence-electron chi connectivity index (χ1n) is 7.27. The number of anilines is 1. The second-order valence-corrected chi connectivity index (χ2v) is 5.77. The van der Waals surface area contributed by atoms with Crippen molar-refractivity contribution >= 4 is 5.95 Å². The van der Waals surface area contributed by atoms with Crippen LogP contribution in [0.25, 0.3) is 0 Å². The van der Waals surface area contributed by atoms with E-state index in [4.69, 9.17) is 0 Å². The molecule has 1 fully saturated rings. The molecule has 1 aliphatic rings. The van der Waals surface area contributed by atoms with Crippen molar-refractivity contribution in [1.29, 1.82) is 0 Å². The van der Waals surface area contributed by atoms with Gasteiger partial charge in [-0.25, -0.2) is 9.97 Å². The minimum absolute atomic E-state index is 0.414. The van der Waals surface area contributed by atoms with E-state index in [0.717, 1.165) is 18.1 Å². The number of benzene rings is 1. The molecular weight excluding hydrogens is 246 g/mol. The Labute approximate surface area is 120 Å². The lowest BCUT2D eigenvalue weighted by atomic mass is 9.97. The molecule has 2 heterocycles. The summed E-state index contributed by atoms with van der Waals surface area (Å²) in [6.07, 6.45) is 6.19. The van der Waals surface area contributed by atoms with Crippen LogP contribution in [0.2, 0.25) is 0 Å². The third-order valence-corrected chi connectivity index (χ3v) is 4.07. The number of aryl methyl sites for hydroxylation is 3. The zero-order chi connectivity index (χ0) is 14.1. The van der Waals surface area contributed by atoms with E-state index in [1.807, 2.05) is 19.3 Å². The summed E-state index contributed by atoms with van der Waals surface area (Å²) in [5.41, 5.74) is 5.21. The van der Waals surface area contributed by atoms with E-state index in [1.165, 1.54) is 29.5 Å². The Hall–Kier alpha value is -1.90. The van der Waals surface area contributed by atoms with Gasteiger partial charge in [0.1, 0.15) is 0 Å². The fraction of sp³-hybridized carbons (Fsp3) is 0.412. The lowest BCUT2D eigenvalue weighted by Crippen LogP contribution is -2.25. The number of rotatable bonds is 2. The molecular formula is C17H21N3. The highest BCUT2D eigenvalue weighted by molar-refractivity contribution is 5.42. The van der Waals surface area contributed by atoms with Gasteiger partial charge in [-0.05, 0) is 50.3 Å². The summed E-state index contributed by atoms with van der Waals surface area (Å²) >= 11 is 0. The van der Waals surface area contributed by atoms with Gasteiger partial charge in [-0.15, -0.1) is 0 Å². The normalized spacial score (nSPS) is 18.6. The lowest BCUT2D eigenvalue weighted by molar-refractivity contribution is 0.696. The molecule has 0 N–H and O–H groups in total. The van der Waals surface area contributed by atoms with Crippen LogP contribution in [0.5, 0.6) is 0 Å². The van der Waals surface area contributed by atoms with Gasteiger partial charge in [0.2, 0.25) is 5.95 Å². The third-order valence-electron chi connectivity index (χ3n) is 4.07. The molecule has 0 radical (unpaired) electrons. The Morgan fingerprint density at radius 3 is 2.55 bits per heavy atom. The number of hydrogen-bond acceptors (Lipinski definition) is 3. The van der Waals surface area contributed by atoms with Gasteiger partial charge in [-0.3, -0.25) is 0 Å². The molecule has 1 unspecified atom stereocenters. The van der Waals surface area contributed by atoms with Crippen LogP contribution < -0.4 is 4.90 Å². The highest BCUT2D eigenvalue weighted by Crippen LogP contribution is 2.36. The highest BCUT2D eigenvalue weighted by Gasteiger charge is 2.28. The molecule has 0 saturated carbocycles. The molecule has 2 aromatic rings. The highest BCUT2D eigenvalue weighted by atomic mass is 15.3. The van der Waals surface area contributed by atoms with Crippen molar-refractivity contribution in [2.45, 2.75) is 39.7 Å². The van der Waals surface area contributed by atoms with Crippen LogP contribution in [0.1, 0.15) is 41.1 Å².